The number of para-hydroxylation sites is 1. The van der Waals surface area contributed by atoms with Gasteiger partial charge in [-0.05, 0) is 59.0 Å². The van der Waals surface area contributed by atoms with Gasteiger partial charge >= 0.3 is 0 Å². The first-order chi connectivity index (χ1) is 12.6. The number of anilines is 1. The Morgan fingerprint density at radius 3 is 2.62 bits per heavy atom. The van der Waals surface area contributed by atoms with Gasteiger partial charge in [0.2, 0.25) is 5.91 Å². The lowest BCUT2D eigenvalue weighted by Crippen LogP contribution is -2.15. The predicted octanol–water partition coefficient (Wildman–Crippen LogP) is 3.83. The Labute approximate surface area is 169 Å². The molecule has 1 heterocycles. The molecule has 0 atom stereocenters. The topological polar surface area (TPSA) is 69.0 Å². The monoisotopic (exact) mass is 480 g/mol. The van der Waals surface area contributed by atoms with Gasteiger partial charge in [0.1, 0.15) is 5.75 Å². The molecular weight excluding hydrogens is 463 g/mol. The number of nitrogens with one attached hydrogen (secondary N) is 1. The van der Waals surface area contributed by atoms with Crippen molar-refractivity contribution in [3.8, 4) is 17.1 Å². The van der Waals surface area contributed by atoms with Crippen molar-refractivity contribution >= 4 is 45.9 Å². The molecule has 0 fully saturated rings. The number of ether oxygens (including phenoxy) is 1. The zero-order valence-corrected chi connectivity index (χ0v) is 17.2. The molecule has 0 bridgehead atoms. The third-order valence-electron chi connectivity index (χ3n) is 3.66. The molecule has 0 spiro atoms. The molecule has 0 aliphatic rings. The maximum absolute atomic E-state index is 12.2. The second kappa shape index (κ2) is 8.54. The van der Waals surface area contributed by atoms with Crippen molar-refractivity contribution in [1.29, 1.82) is 0 Å². The first-order valence-electron chi connectivity index (χ1n) is 7.79. The summed E-state index contributed by atoms with van der Waals surface area (Å²) >= 11 is 3.55. The summed E-state index contributed by atoms with van der Waals surface area (Å²) in [4.78, 5) is 12.2. The Morgan fingerprint density at radius 2 is 1.92 bits per heavy atom. The van der Waals surface area contributed by atoms with Crippen LogP contribution in [0.1, 0.15) is 0 Å². The highest BCUT2D eigenvalue weighted by Gasteiger charge is 2.13. The molecular formula is C18H17IN4O2S. The van der Waals surface area contributed by atoms with E-state index in [9.17, 15) is 4.79 Å². The van der Waals surface area contributed by atoms with Crippen LogP contribution in [0, 0.1) is 3.57 Å². The molecule has 3 aromatic rings. The SMILES string of the molecule is COc1ccc(-c2nnc(SCC(=O)Nc3ccccc3I)n2C)cc1. The summed E-state index contributed by atoms with van der Waals surface area (Å²) < 4.78 is 8.06. The van der Waals surface area contributed by atoms with Crippen molar-refractivity contribution in [3.63, 3.8) is 0 Å². The number of nitrogens with zero attached hydrogens (tertiary/aromatic N) is 3. The normalized spacial score (nSPS) is 10.6. The minimum absolute atomic E-state index is 0.0758. The largest absolute Gasteiger partial charge is 0.497 e. The zero-order valence-electron chi connectivity index (χ0n) is 14.3. The zero-order chi connectivity index (χ0) is 18.5. The average molecular weight is 480 g/mol. The molecule has 3 rings (SSSR count). The summed E-state index contributed by atoms with van der Waals surface area (Å²) in [7, 11) is 3.52. The van der Waals surface area contributed by atoms with Crippen LogP contribution in [0.5, 0.6) is 5.75 Å². The minimum Gasteiger partial charge on any atom is -0.497 e. The van der Waals surface area contributed by atoms with E-state index in [2.05, 4.69) is 38.1 Å². The van der Waals surface area contributed by atoms with Crippen molar-refractivity contribution in [2.45, 2.75) is 5.16 Å². The lowest BCUT2D eigenvalue weighted by molar-refractivity contribution is -0.113. The summed E-state index contributed by atoms with van der Waals surface area (Å²) in [5, 5.41) is 12.0. The van der Waals surface area contributed by atoms with Gasteiger partial charge in [-0.1, -0.05) is 23.9 Å². The molecule has 1 aromatic heterocycles. The molecule has 0 radical (unpaired) electrons. The average Bonchev–Trinajstić information content (AvgIpc) is 3.02. The van der Waals surface area contributed by atoms with E-state index in [1.165, 1.54) is 11.8 Å². The van der Waals surface area contributed by atoms with E-state index in [1.54, 1.807) is 7.11 Å². The van der Waals surface area contributed by atoms with Crippen LogP contribution in [0.3, 0.4) is 0 Å². The van der Waals surface area contributed by atoms with Gasteiger partial charge in [0.25, 0.3) is 0 Å². The van der Waals surface area contributed by atoms with Crippen molar-refractivity contribution in [3.05, 3.63) is 52.1 Å². The molecule has 6 nitrogen and oxygen atoms in total. The Hall–Kier alpha value is -2.07. The minimum atomic E-state index is -0.0758. The second-order valence-corrected chi connectivity index (χ2v) is 7.52. The molecule has 0 saturated heterocycles. The maximum Gasteiger partial charge on any atom is 0.234 e. The number of hydrogen-bond donors (Lipinski definition) is 1. The van der Waals surface area contributed by atoms with Gasteiger partial charge in [0.05, 0.1) is 18.6 Å². The van der Waals surface area contributed by atoms with E-state index < -0.39 is 0 Å². The number of carbonyl (C=O) groups excluding carboxylic acids is 1. The van der Waals surface area contributed by atoms with Gasteiger partial charge in [-0.15, -0.1) is 10.2 Å². The van der Waals surface area contributed by atoms with Crippen LogP contribution in [0.25, 0.3) is 11.4 Å². The fraction of sp³-hybridized carbons (Fsp3) is 0.167. The molecule has 0 aliphatic carbocycles. The number of hydrogen-bond acceptors (Lipinski definition) is 5. The summed E-state index contributed by atoms with van der Waals surface area (Å²) in [5.74, 6) is 1.72. The van der Waals surface area contributed by atoms with Crippen molar-refractivity contribution in [2.75, 3.05) is 18.2 Å². The van der Waals surface area contributed by atoms with Crippen LogP contribution in [0.4, 0.5) is 5.69 Å². The van der Waals surface area contributed by atoms with E-state index in [-0.39, 0.29) is 11.7 Å². The van der Waals surface area contributed by atoms with Crippen LogP contribution in [-0.2, 0) is 11.8 Å². The molecule has 1 amide bonds. The summed E-state index contributed by atoms with van der Waals surface area (Å²) in [5.41, 5.74) is 1.76. The number of halogens is 1. The Balaban J connectivity index is 1.64. The van der Waals surface area contributed by atoms with Gasteiger partial charge in [0.15, 0.2) is 11.0 Å². The first-order valence-corrected chi connectivity index (χ1v) is 9.86. The van der Waals surface area contributed by atoms with Crippen molar-refractivity contribution < 1.29 is 9.53 Å². The predicted molar refractivity (Wildman–Crippen MR) is 112 cm³/mol. The smallest absolute Gasteiger partial charge is 0.234 e. The number of rotatable bonds is 6. The van der Waals surface area contributed by atoms with Crippen LogP contribution in [-0.4, -0.2) is 33.5 Å². The number of amides is 1. The quantitative estimate of drug-likeness (QED) is 0.429. The highest BCUT2D eigenvalue weighted by Crippen LogP contribution is 2.25. The lowest BCUT2D eigenvalue weighted by Gasteiger charge is -2.07. The van der Waals surface area contributed by atoms with Gasteiger partial charge in [-0.3, -0.25) is 4.79 Å². The standard InChI is InChI=1S/C18H17IN4O2S/c1-23-17(12-7-9-13(25-2)10-8-12)21-22-18(23)26-11-16(24)20-15-6-4-3-5-14(15)19/h3-10H,11H2,1-2H3,(H,20,24). The number of thioether (sulfide) groups is 1. The summed E-state index contributed by atoms with van der Waals surface area (Å²) in [6.45, 7) is 0. The van der Waals surface area contributed by atoms with Gasteiger partial charge in [-0.2, -0.15) is 0 Å². The van der Waals surface area contributed by atoms with Crippen LogP contribution < -0.4 is 10.1 Å². The van der Waals surface area contributed by atoms with Gasteiger partial charge in [-0.25, -0.2) is 0 Å². The highest BCUT2D eigenvalue weighted by molar-refractivity contribution is 14.1. The van der Waals surface area contributed by atoms with Crippen LogP contribution >= 0.6 is 34.4 Å². The molecule has 0 aliphatic heterocycles. The van der Waals surface area contributed by atoms with E-state index in [4.69, 9.17) is 4.74 Å². The van der Waals surface area contributed by atoms with E-state index in [1.807, 2.05) is 60.1 Å². The summed E-state index contributed by atoms with van der Waals surface area (Å²) in [6.07, 6.45) is 0. The molecule has 1 N–H and O–H groups in total. The Morgan fingerprint density at radius 1 is 1.19 bits per heavy atom. The summed E-state index contributed by atoms with van der Waals surface area (Å²) in [6, 6.07) is 15.3. The van der Waals surface area contributed by atoms with Crippen LogP contribution in [0.2, 0.25) is 0 Å². The molecule has 2 aromatic carbocycles. The van der Waals surface area contributed by atoms with Crippen molar-refractivity contribution in [2.24, 2.45) is 7.05 Å². The van der Waals surface area contributed by atoms with Gasteiger partial charge in [0, 0.05) is 16.2 Å². The molecule has 134 valence electrons. The number of methoxy groups -OCH3 is 1. The fourth-order valence-electron chi connectivity index (χ4n) is 2.31. The number of benzene rings is 2. The molecule has 0 unspecified atom stereocenters. The van der Waals surface area contributed by atoms with Crippen LogP contribution in [0.15, 0.2) is 53.7 Å². The Kier molecular flexibility index (Phi) is 6.15. The molecule has 26 heavy (non-hydrogen) atoms. The van der Waals surface area contributed by atoms with Gasteiger partial charge < -0.3 is 14.6 Å². The molecule has 0 saturated carbocycles. The first kappa shape index (κ1) is 18.7. The molecule has 8 heteroatoms. The Bertz CT molecular complexity index is 912. The third-order valence-corrected chi connectivity index (χ3v) is 5.62. The fourth-order valence-corrected chi connectivity index (χ4v) is 3.54. The second-order valence-electron chi connectivity index (χ2n) is 5.41. The van der Waals surface area contributed by atoms with Crippen molar-refractivity contribution in [1.82, 2.24) is 14.8 Å². The van der Waals surface area contributed by atoms with E-state index in [0.29, 0.717) is 5.16 Å². The van der Waals surface area contributed by atoms with E-state index >= 15 is 0 Å². The highest BCUT2D eigenvalue weighted by atomic mass is 127. The number of carbonyl (C=O) groups is 1. The number of aromatic nitrogens is 3. The lowest BCUT2D eigenvalue weighted by atomic mass is 10.2. The third kappa shape index (κ3) is 4.36. The van der Waals surface area contributed by atoms with E-state index in [0.717, 1.165) is 26.4 Å². The maximum atomic E-state index is 12.2.